The fourth-order valence-corrected chi connectivity index (χ4v) is 2.11. The average molecular weight is 288 g/mol. The van der Waals surface area contributed by atoms with Crippen LogP contribution in [0, 0.1) is 0 Å². The van der Waals surface area contributed by atoms with Gasteiger partial charge in [-0.3, -0.25) is 14.6 Å². The van der Waals surface area contributed by atoms with E-state index in [2.05, 4.69) is 10.3 Å². The Labute approximate surface area is 119 Å². The van der Waals surface area contributed by atoms with Gasteiger partial charge in [-0.25, -0.2) is 0 Å². The van der Waals surface area contributed by atoms with Crippen molar-refractivity contribution >= 4 is 22.6 Å². The maximum atomic E-state index is 12.1. The minimum atomic E-state index is -0.968. The van der Waals surface area contributed by atoms with Crippen LogP contribution in [-0.2, 0) is 4.79 Å². The summed E-state index contributed by atoms with van der Waals surface area (Å²) in [6, 6.07) is 5.26. The Kier molecular flexibility index (Phi) is 3.31. The molecule has 2 aromatic rings. The molecule has 0 saturated heterocycles. The Morgan fingerprint density at radius 3 is 2.81 bits per heavy atom. The molecule has 0 spiro atoms. The fourth-order valence-electron chi connectivity index (χ4n) is 2.11. The van der Waals surface area contributed by atoms with Gasteiger partial charge in [-0.1, -0.05) is 0 Å². The highest BCUT2D eigenvalue weighted by molar-refractivity contribution is 6.06. The van der Waals surface area contributed by atoms with Crippen LogP contribution in [0.3, 0.4) is 0 Å². The van der Waals surface area contributed by atoms with Crippen molar-refractivity contribution in [3.63, 3.8) is 0 Å². The SMILES string of the molecule is O=C(O)CCNC(=O)c1nccc2cc3c(cc12)OCO3. The van der Waals surface area contributed by atoms with Crippen LogP contribution in [0.4, 0.5) is 0 Å². The van der Waals surface area contributed by atoms with Gasteiger partial charge in [0.2, 0.25) is 6.79 Å². The van der Waals surface area contributed by atoms with Crippen LogP contribution >= 0.6 is 0 Å². The number of carboxylic acid groups (broad SMARTS) is 1. The number of aromatic nitrogens is 1. The maximum Gasteiger partial charge on any atom is 0.305 e. The summed E-state index contributed by atoms with van der Waals surface area (Å²) in [5.41, 5.74) is 0.233. The van der Waals surface area contributed by atoms with Crippen molar-refractivity contribution in [1.29, 1.82) is 0 Å². The molecule has 1 aromatic carbocycles. The van der Waals surface area contributed by atoms with Crippen molar-refractivity contribution in [3.8, 4) is 11.5 Å². The molecule has 1 aromatic heterocycles. The molecule has 21 heavy (non-hydrogen) atoms. The Morgan fingerprint density at radius 1 is 1.29 bits per heavy atom. The maximum absolute atomic E-state index is 12.1. The van der Waals surface area contributed by atoms with E-state index in [-0.39, 0.29) is 25.5 Å². The number of ether oxygens (including phenoxy) is 2. The molecule has 1 aliphatic rings. The van der Waals surface area contributed by atoms with E-state index in [4.69, 9.17) is 14.6 Å². The minimum Gasteiger partial charge on any atom is -0.481 e. The molecule has 1 amide bonds. The molecule has 0 fully saturated rings. The fraction of sp³-hybridized carbons (Fsp3) is 0.214. The molecule has 0 aliphatic carbocycles. The van der Waals surface area contributed by atoms with Gasteiger partial charge in [0.25, 0.3) is 5.91 Å². The van der Waals surface area contributed by atoms with Crippen LogP contribution in [0.25, 0.3) is 10.8 Å². The van der Waals surface area contributed by atoms with E-state index in [1.54, 1.807) is 18.2 Å². The quantitative estimate of drug-likeness (QED) is 0.876. The van der Waals surface area contributed by atoms with Crippen molar-refractivity contribution in [2.24, 2.45) is 0 Å². The predicted molar refractivity (Wildman–Crippen MR) is 72.5 cm³/mol. The number of nitrogens with zero attached hydrogens (tertiary/aromatic N) is 1. The van der Waals surface area contributed by atoms with Gasteiger partial charge in [0, 0.05) is 18.1 Å². The third-order valence-corrected chi connectivity index (χ3v) is 3.10. The highest BCUT2D eigenvalue weighted by atomic mass is 16.7. The molecule has 2 heterocycles. The Morgan fingerprint density at radius 2 is 2.05 bits per heavy atom. The number of pyridine rings is 1. The molecule has 7 heteroatoms. The zero-order valence-corrected chi connectivity index (χ0v) is 11.0. The predicted octanol–water partition coefficient (Wildman–Crippen LogP) is 1.17. The van der Waals surface area contributed by atoms with Crippen molar-refractivity contribution in [2.45, 2.75) is 6.42 Å². The minimum absolute atomic E-state index is 0.0524. The van der Waals surface area contributed by atoms with Crippen LogP contribution in [0.1, 0.15) is 16.9 Å². The number of hydrogen-bond donors (Lipinski definition) is 2. The number of benzene rings is 1. The summed E-state index contributed by atoms with van der Waals surface area (Å²) in [5.74, 6) is -0.189. The standard InChI is InChI=1S/C14H12N2O5/c17-12(18)2-4-16-14(19)13-9-6-11-10(20-7-21-11)5-8(9)1-3-15-13/h1,3,5-6H,2,4,7H2,(H,16,19)(H,17,18). The number of fused-ring (bicyclic) bond motifs is 2. The van der Waals surface area contributed by atoms with E-state index in [1.165, 1.54) is 6.20 Å². The van der Waals surface area contributed by atoms with Gasteiger partial charge < -0.3 is 19.9 Å². The second-order valence-corrected chi connectivity index (χ2v) is 4.49. The molecule has 3 rings (SSSR count). The van der Waals surface area contributed by atoms with Gasteiger partial charge in [0.15, 0.2) is 11.5 Å². The van der Waals surface area contributed by atoms with Gasteiger partial charge in [-0.15, -0.1) is 0 Å². The third kappa shape index (κ3) is 2.58. The number of nitrogens with one attached hydrogen (secondary N) is 1. The highest BCUT2D eigenvalue weighted by Crippen LogP contribution is 2.36. The summed E-state index contributed by atoms with van der Waals surface area (Å²) in [6.07, 6.45) is 1.39. The van der Waals surface area contributed by atoms with Crippen molar-refractivity contribution < 1.29 is 24.2 Å². The van der Waals surface area contributed by atoms with Crippen LogP contribution in [0.5, 0.6) is 11.5 Å². The molecule has 108 valence electrons. The average Bonchev–Trinajstić information content (AvgIpc) is 2.90. The van der Waals surface area contributed by atoms with E-state index >= 15 is 0 Å². The number of aliphatic carboxylic acids is 1. The third-order valence-electron chi connectivity index (χ3n) is 3.10. The number of rotatable bonds is 4. The first-order chi connectivity index (χ1) is 10.1. The summed E-state index contributed by atoms with van der Waals surface area (Å²) in [6.45, 7) is 0.204. The Balaban J connectivity index is 1.91. The summed E-state index contributed by atoms with van der Waals surface area (Å²) in [7, 11) is 0. The van der Waals surface area contributed by atoms with Crippen molar-refractivity contribution in [3.05, 3.63) is 30.1 Å². The second-order valence-electron chi connectivity index (χ2n) is 4.49. The van der Waals surface area contributed by atoms with Gasteiger partial charge >= 0.3 is 5.97 Å². The summed E-state index contributed by atoms with van der Waals surface area (Å²) < 4.78 is 10.6. The lowest BCUT2D eigenvalue weighted by Gasteiger charge is -2.07. The lowest BCUT2D eigenvalue weighted by Crippen LogP contribution is -2.27. The number of hydrogen-bond acceptors (Lipinski definition) is 5. The monoisotopic (exact) mass is 288 g/mol. The van der Waals surface area contributed by atoms with Gasteiger partial charge in [0.05, 0.1) is 6.42 Å². The molecular formula is C14H12N2O5. The van der Waals surface area contributed by atoms with E-state index in [1.807, 2.05) is 0 Å². The lowest BCUT2D eigenvalue weighted by molar-refractivity contribution is -0.136. The van der Waals surface area contributed by atoms with Crippen LogP contribution < -0.4 is 14.8 Å². The molecule has 2 N–H and O–H groups in total. The molecular weight excluding hydrogens is 276 g/mol. The number of carboxylic acids is 1. The van der Waals surface area contributed by atoms with E-state index in [9.17, 15) is 9.59 Å². The second kappa shape index (κ2) is 5.28. The van der Waals surface area contributed by atoms with E-state index in [0.717, 1.165) is 5.39 Å². The van der Waals surface area contributed by atoms with Crippen LogP contribution in [0.15, 0.2) is 24.4 Å². The van der Waals surface area contributed by atoms with Crippen LogP contribution in [0.2, 0.25) is 0 Å². The number of amides is 1. The van der Waals surface area contributed by atoms with E-state index < -0.39 is 11.9 Å². The highest BCUT2D eigenvalue weighted by Gasteiger charge is 2.18. The normalized spacial score (nSPS) is 12.4. The molecule has 1 aliphatic heterocycles. The molecule has 0 unspecified atom stereocenters. The van der Waals surface area contributed by atoms with Crippen molar-refractivity contribution in [2.75, 3.05) is 13.3 Å². The van der Waals surface area contributed by atoms with Crippen LogP contribution in [-0.4, -0.2) is 35.3 Å². The Hall–Kier alpha value is -2.83. The van der Waals surface area contributed by atoms with Gasteiger partial charge in [0.1, 0.15) is 5.69 Å². The topological polar surface area (TPSA) is 97.8 Å². The lowest BCUT2D eigenvalue weighted by atomic mass is 10.1. The molecule has 0 atom stereocenters. The van der Waals surface area contributed by atoms with Gasteiger partial charge in [-0.2, -0.15) is 0 Å². The van der Waals surface area contributed by atoms with Gasteiger partial charge in [-0.05, 0) is 23.6 Å². The summed E-state index contributed by atoms with van der Waals surface area (Å²) in [5, 5.41) is 12.6. The zero-order chi connectivity index (χ0) is 14.8. The number of carbonyl (C=O) groups excluding carboxylic acids is 1. The summed E-state index contributed by atoms with van der Waals surface area (Å²) in [4.78, 5) is 26.6. The largest absolute Gasteiger partial charge is 0.481 e. The van der Waals surface area contributed by atoms with Crippen molar-refractivity contribution in [1.82, 2.24) is 10.3 Å². The Bertz CT molecular complexity index is 729. The first kappa shape index (κ1) is 13.2. The first-order valence-corrected chi connectivity index (χ1v) is 6.33. The molecule has 0 radical (unpaired) electrons. The smallest absolute Gasteiger partial charge is 0.305 e. The number of carbonyl (C=O) groups is 2. The first-order valence-electron chi connectivity index (χ1n) is 6.33. The molecule has 7 nitrogen and oxygen atoms in total. The summed E-state index contributed by atoms with van der Waals surface area (Å²) >= 11 is 0. The van der Waals surface area contributed by atoms with E-state index in [0.29, 0.717) is 16.9 Å². The molecule has 0 bridgehead atoms. The molecule has 0 saturated carbocycles. The zero-order valence-electron chi connectivity index (χ0n) is 11.0.